The average Bonchev–Trinajstić information content (AvgIpc) is 2.62. The van der Waals surface area contributed by atoms with E-state index in [2.05, 4.69) is 17.6 Å². The molecule has 0 spiro atoms. The first-order chi connectivity index (χ1) is 12.1. The minimum absolute atomic E-state index is 0.309. The molecular formula is C18H26N2O5. The molecule has 3 amide bonds. The van der Waals surface area contributed by atoms with E-state index in [-0.39, 0.29) is 0 Å². The highest BCUT2D eigenvalue weighted by Gasteiger charge is 2.12. The van der Waals surface area contributed by atoms with Crippen LogP contribution < -0.4 is 15.4 Å². The molecule has 0 bridgehead atoms. The Morgan fingerprint density at radius 2 is 1.72 bits per heavy atom. The van der Waals surface area contributed by atoms with Gasteiger partial charge < -0.3 is 14.8 Å². The van der Waals surface area contributed by atoms with Crippen LogP contribution in [0.2, 0.25) is 0 Å². The Balaban J connectivity index is 2.34. The van der Waals surface area contributed by atoms with E-state index in [9.17, 15) is 14.4 Å². The number of benzene rings is 1. The maximum Gasteiger partial charge on any atom is 0.338 e. The lowest BCUT2D eigenvalue weighted by atomic mass is 10.2. The van der Waals surface area contributed by atoms with Gasteiger partial charge in [-0.25, -0.2) is 9.59 Å². The zero-order chi connectivity index (χ0) is 18.5. The summed E-state index contributed by atoms with van der Waals surface area (Å²) in [5.74, 6) is -0.641. The number of imide groups is 1. The minimum atomic E-state index is -0.683. The Morgan fingerprint density at radius 3 is 2.36 bits per heavy atom. The van der Waals surface area contributed by atoms with Crippen molar-refractivity contribution in [3.05, 3.63) is 29.8 Å². The number of esters is 1. The number of hydrogen-bond donors (Lipinski definition) is 2. The lowest BCUT2D eigenvalue weighted by Crippen LogP contribution is -2.41. The third-order valence-corrected chi connectivity index (χ3v) is 3.23. The predicted octanol–water partition coefficient (Wildman–Crippen LogP) is 2.65. The van der Waals surface area contributed by atoms with E-state index in [1.807, 2.05) is 6.92 Å². The largest absolute Gasteiger partial charge is 0.494 e. The molecule has 1 aromatic carbocycles. The molecule has 138 valence electrons. The number of carbonyl (C=O) groups excluding carboxylic acids is 3. The molecule has 0 unspecified atom stereocenters. The lowest BCUT2D eigenvalue weighted by molar-refractivity contribution is -0.123. The molecule has 0 heterocycles. The van der Waals surface area contributed by atoms with E-state index in [1.54, 1.807) is 24.3 Å². The highest BCUT2D eigenvalue weighted by Crippen LogP contribution is 2.13. The molecule has 2 N–H and O–H groups in total. The van der Waals surface area contributed by atoms with Crippen LogP contribution in [0, 0.1) is 0 Å². The first kappa shape index (κ1) is 20.5. The van der Waals surface area contributed by atoms with Gasteiger partial charge in [0.1, 0.15) is 5.75 Å². The molecule has 0 aliphatic rings. The second-order valence-electron chi connectivity index (χ2n) is 5.46. The molecule has 0 saturated heterocycles. The van der Waals surface area contributed by atoms with Crippen LogP contribution in [0.3, 0.4) is 0 Å². The van der Waals surface area contributed by atoms with E-state index >= 15 is 0 Å². The van der Waals surface area contributed by atoms with Crippen molar-refractivity contribution in [3.63, 3.8) is 0 Å². The van der Waals surface area contributed by atoms with Gasteiger partial charge in [0.2, 0.25) is 0 Å². The van der Waals surface area contributed by atoms with Gasteiger partial charge in [-0.15, -0.1) is 0 Å². The molecule has 0 aliphatic heterocycles. The second-order valence-corrected chi connectivity index (χ2v) is 5.46. The molecule has 1 aromatic rings. The highest BCUT2D eigenvalue weighted by atomic mass is 16.5. The first-order valence-corrected chi connectivity index (χ1v) is 8.54. The fourth-order valence-corrected chi connectivity index (χ4v) is 1.89. The van der Waals surface area contributed by atoms with E-state index in [4.69, 9.17) is 9.47 Å². The van der Waals surface area contributed by atoms with Crippen molar-refractivity contribution in [1.29, 1.82) is 0 Å². The van der Waals surface area contributed by atoms with Crippen LogP contribution >= 0.6 is 0 Å². The average molecular weight is 350 g/mol. The minimum Gasteiger partial charge on any atom is -0.494 e. The van der Waals surface area contributed by atoms with Gasteiger partial charge in [0, 0.05) is 6.54 Å². The zero-order valence-electron chi connectivity index (χ0n) is 14.8. The van der Waals surface area contributed by atoms with Gasteiger partial charge in [0.15, 0.2) is 6.61 Å². The third kappa shape index (κ3) is 8.74. The van der Waals surface area contributed by atoms with Crippen molar-refractivity contribution in [2.24, 2.45) is 0 Å². The summed E-state index contributed by atoms with van der Waals surface area (Å²) in [4.78, 5) is 34.7. The summed E-state index contributed by atoms with van der Waals surface area (Å²) in [5, 5.41) is 4.57. The highest BCUT2D eigenvalue weighted by molar-refractivity contribution is 5.97. The van der Waals surface area contributed by atoms with Crippen molar-refractivity contribution >= 4 is 17.9 Å². The summed E-state index contributed by atoms with van der Waals surface area (Å²) in [6, 6.07) is 5.90. The van der Waals surface area contributed by atoms with Crippen LogP contribution in [0.25, 0.3) is 0 Å². The van der Waals surface area contributed by atoms with Crippen molar-refractivity contribution < 1.29 is 23.9 Å². The first-order valence-electron chi connectivity index (χ1n) is 8.54. The molecule has 0 atom stereocenters. The Hall–Kier alpha value is -2.57. The molecule has 0 aromatic heterocycles. The lowest BCUT2D eigenvalue weighted by Gasteiger charge is -2.08. The molecule has 0 saturated carbocycles. The Morgan fingerprint density at radius 1 is 1.00 bits per heavy atom. The normalized spacial score (nSPS) is 10.0. The number of rotatable bonds is 10. The number of carbonyl (C=O) groups is 3. The van der Waals surface area contributed by atoms with Gasteiger partial charge in [-0.05, 0) is 37.1 Å². The number of ether oxygens (including phenoxy) is 2. The zero-order valence-corrected chi connectivity index (χ0v) is 14.8. The molecular weight excluding hydrogens is 324 g/mol. The van der Waals surface area contributed by atoms with Crippen molar-refractivity contribution in [2.45, 2.75) is 39.5 Å². The summed E-state index contributed by atoms with van der Waals surface area (Å²) < 4.78 is 10.4. The molecule has 0 aliphatic carbocycles. The standard InChI is InChI=1S/C18H26N2O5/c1-3-5-6-12-24-15-9-7-14(8-10-15)17(22)25-13-16(21)20-18(23)19-11-4-2/h7-10H,3-6,11-13H2,1-2H3,(H2,19,20,21,23). The maximum absolute atomic E-state index is 11.9. The Bertz CT molecular complexity index is 557. The molecule has 0 fully saturated rings. The van der Waals surface area contributed by atoms with Crippen LogP contribution in [-0.2, 0) is 9.53 Å². The van der Waals surface area contributed by atoms with Crippen LogP contribution in [0.15, 0.2) is 24.3 Å². The Kier molecular flexibility index (Phi) is 9.74. The van der Waals surface area contributed by atoms with E-state index < -0.39 is 24.5 Å². The van der Waals surface area contributed by atoms with Crippen molar-refractivity contribution in [3.8, 4) is 5.75 Å². The van der Waals surface area contributed by atoms with Gasteiger partial charge in [-0.3, -0.25) is 10.1 Å². The number of hydrogen-bond acceptors (Lipinski definition) is 5. The fraction of sp³-hybridized carbons (Fsp3) is 0.500. The maximum atomic E-state index is 11.9. The van der Waals surface area contributed by atoms with Crippen LogP contribution in [0.5, 0.6) is 5.75 Å². The van der Waals surface area contributed by atoms with Gasteiger partial charge in [-0.2, -0.15) is 0 Å². The van der Waals surface area contributed by atoms with Gasteiger partial charge >= 0.3 is 12.0 Å². The number of nitrogens with one attached hydrogen (secondary N) is 2. The summed E-state index contributed by atoms with van der Waals surface area (Å²) in [5.41, 5.74) is 0.309. The van der Waals surface area contributed by atoms with E-state index in [0.29, 0.717) is 24.5 Å². The number of amides is 3. The van der Waals surface area contributed by atoms with Crippen LogP contribution in [0.1, 0.15) is 49.9 Å². The quantitative estimate of drug-likeness (QED) is 0.500. The predicted molar refractivity (Wildman–Crippen MR) is 93.6 cm³/mol. The van der Waals surface area contributed by atoms with E-state index in [0.717, 1.165) is 25.7 Å². The van der Waals surface area contributed by atoms with E-state index in [1.165, 1.54) is 0 Å². The van der Waals surface area contributed by atoms with Gasteiger partial charge in [-0.1, -0.05) is 26.7 Å². The summed E-state index contributed by atoms with van der Waals surface area (Å²) >= 11 is 0. The SMILES string of the molecule is CCCCCOc1ccc(C(=O)OCC(=O)NC(=O)NCCC)cc1. The number of urea groups is 1. The van der Waals surface area contributed by atoms with Crippen LogP contribution in [-0.4, -0.2) is 37.7 Å². The second kappa shape index (κ2) is 11.9. The van der Waals surface area contributed by atoms with Crippen molar-refractivity contribution in [2.75, 3.05) is 19.8 Å². The monoisotopic (exact) mass is 350 g/mol. The Labute approximate surface area is 148 Å². The summed E-state index contributed by atoms with van der Waals surface area (Å²) in [6.45, 7) is 4.60. The third-order valence-electron chi connectivity index (χ3n) is 3.23. The summed E-state index contributed by atoms with van der Waals surface area (Å²) in [6.07, 6.45) is 3.99. The van der Waals surface area contributed by atoms with Crippen LogP contribution in [0.4, 0.5) is 4.79 Å². The topological polar surface area (TPSA) is 93.7 Å². The fourth-order valence-electron chi connectivity index (χ4n) is 1.89. The van der Waals surface area contributed by atoms with Gasteiger partial charge in [0.05, 0.1) is 12.2 Å². The van der Waals surface area contributed by atoms with Gasteiger partial charge in [0.25, 0.3) is 5.91 Å². The van der Waals surface area contributed by atoms with Crippen molar-refractivity contribution in [1.82, 2.24) is 10.6 Å². The molecule has 0 radical (unpaired) electrons. The molecule has 7 nitrogen and oxygen atoms in total. The molecule has 1 rings (SSSR count). The molecule has 7 heteroatoms. The summed E-state index contributed by atoms with van der Waals surface area (Å²) in [7, 11) is 0. The number of unbranched alkanes of at least 4 members (excludes halogenated alkanes) is 2. The smallest absolute Gasteiger partial charge is 0.338 e. The molecule has 25 heavy (non-hydrogen) atoms.